The van der Waals surface area contributed by atoms with Gasteiger partial charge in [0.05, 0.1) is 8.80 Å². The van der Waals surface area contributed by atoms with Crippen LogP contribution in [0.3, 0.4) is 0 Å². The van der Waals surface area contributed by atoms with E-state index in [1.54, 1.807) is 0 Å². The van der Waals surface area contributed by atoms with Crippen LogP contribution in [0.5, 0.6) is 0 Å². The predicted molar refractivity (Wildman–Crippen MR) is 38.3 cm³/mol. The van der Waals surface area contributed by atoms with Crippen LogP contribution in [0.25, 0.3) is 0 Å². The molecule has 0 bridgehead atoms. The maximum absolute atomic E-state index is 3.89. The third-order valence-corrected chi connectivity index (χ3v) is 4.36. The van der Waals surface area contributed by atoms with Crippen molar-refractivity contribution in [2.24, 2.45) is 0 Å². The highest BCUT2D eigenvalue weighted by Crippen LogP contribution is 1.99. The van der Waals surface area contributed by atoms with E-state index in [9.17, 15) is 0 Å². The van der Waals surface area contributed by atoms with Crippen molar-refractivity contribution in [1.82, 2.24) is 0 Å². The summed E-state index contributed by atoms with van der Waals surface area (Å²) in [5.41, 5.74) is 0. The molecule has 0 nitrogen and oxygen atoms in total. The van der Waals surface area contributed by atoms with E-state index in [2.05, 4.69) is 27.0 Å². The van der Waals surface area contributed by atoms with E-state index in [1.165, 1.54) is 11.2 Å². The normalized spacial score (nSPS) is 13.6. The van der Waals surface area contributed by atoms with E-state index in [-0.39, 0.29) is 0 Å². The number of hydrogen-bond acceptors (Lipinski definition) is 0. The Kier molecular flexibility index (Phi) is 3.01. The summed E-state index contributed by atoms with van der Waals surface area (Å²) >= 11 is 0. The maximum Gasteiger partial charge on any atom is 0.0612 e. The van der Waals surface area contributed by atoms with E-state index >= 15 is 0 Å². The zero-order chi connectivity index (χ0) is 5.86. The van der Waals surface area contributed by atoms with Gasteiger partial charge >= 0.3 is 0 Å². The van der Waals surface area contributed by atoms with E-state index in [1.807, 2.05) is 0 Å². The molecule has 0 fully saturated rings. The van der Waals surface area contributed by atoms with Crippen molar-refractivity contribution in [3.8, 4) is 0 Å². The summed E-state index contributed by atoms with van der Waals surface area (Å²) in [7, 11) is -0.449. The van der Waals surface area contributed by atoms with E-state index in [4.69, 9.17) is 0 Å². The van der Waals surface area contributed by atoms with Crippen molar-refractivity contribution in [3.05, 3.63) is 11.8 Å². The minimum absolute atomic E-state index is 0.449. The van der Waals surface area contributed by atoms with Gasteiger partial charge in [-0.1, -0.05) is 24.7 Å². The van der Waals surface area contributed by atoms with E-state index in [0.717, 1.165) is 0 Å². The molecule has 0 spiro atoms. The second-order valence-corrected chi connectivity index (χ2v) is 5.76. The lowest BCUT2D eigenvalue weighted by atomic mass is 10.8. The fourth-order valence-corrected chi connectivity index (χ4v) is 1.05. The third kappa shape index (κ3) is 2.63. The van der Waals surface area contributed by atoms with Crippen LogP contribution in [0, 0.1) is 0 Å². The summed E-state index contributed by atoms with van der Waals surface area (Å²) < 4.78 is 0. The first kappa shape index (κ1) is 6.96. The fourth-order valence-electron chi connectivity index (χ4n) is 0.348. The van der Waals surface area contributed by atoms with Crippen molar-refractivity contribution < 1.29 is 0 Å². The molecule has 0 aromatic carbocycles. The van der Waals surface area contributed by atoms with Crippen LogP contribution in [0.2, 0.25) is 12.6 Å². The zero-order valence-corrected chi connectivity index (χ0v) is 6.65. The summed E-state index contributed by atoms with van der Waals surface area (Å²) in [6.45, 7) is 10.6. The van der Waals surface area contributed by atoms with Gasteiger partial charge in [0.15, 0.2) is 0 Å². The summed E-state index contributed by atoms with van der Waals surface area (Å²) in [4.78, 5) is 0. The zero-order valence-electron chi connectivity index (χ0n) is 5.49. The standard InChI is InChI=1S/C6H14Si/c1-5-7(4)6(2)3/h7H,2,5H2,1,3-4H3. The molecule has 1 atom stereocenters. The lowest BCUT2D eigenvalue weighted by Crippen LogP contribution is -2.04. The van der Waals surface area contributed by atoms with Crippen molar-refractivity contribution in [3.63, 3.8) is 0 Å². The first-order valence-corrected chi connectivity index (χ1v) is 5.38. The minimum Gasteiger partial charge on any atom is -0.104 e. The first-order valence-electron chi connectivity index (χ1n) is 2.83. The lowest BCUT2D eigenvalue weighted by Gasteiger charge is -2.01. The Morgan fingerprint density at radius 2 is 2.14 bits per heavy atom. The molecule has 0 aliphatic heterocycles. The van der Waals surface area contributed by atoms with Crippen LogP contribution < -0.4 is 0 Å². The average molecular weight is 114 g/mol. The highest BCUT2D eigenvalue weighted by molar-refractivity contribution is 6.64. The van der Waals surface area contributed by atoms with Crippen molar-refractivity contribution in [2.75, 3.05) is 0 Å². The number of rotatable bonds is 2. The van der Waals surface area contributed by atoms with Gasteiger partial charge in [0, 0.05) is 0 Å². The quantitative estimate of drug-likeness (QED) is 0.482. The van der Waals surface area contributed by atoms with Crippen molar-refractivity contribution in [1.29, 1.82) is 0 Å². The van der Waals surface area contributed by atoms with Crippen LogP contribution >= 0.6 is 0 Å². The second kappa shape index (κ2) is 3.02. The molecule has 0 saturated carbocycles. The molecule has 0 aliphatic carbocycles. The molecule has 0 heterocycles. The van der Waals surface area contributed by atoms with Gasteiger partial charge in [0.2, 0.25) is 0 Å². The van der Waals surface area contributed by atoms with Gasteiger partial charge in [-0.3, -0.25) is 0 Å². The Hall–Kier alpha value is -0.0431. The lowest BCUT2D eigenvalue weighted by molar-refractivity contribution is 1.40. The van der Waals surface area contributed by atoms with Crippen LogP contribution in [0.4, 0.5) is 0 Å². The van der Waals surface area contributed by atoms with E-state index < -0.39 is 8.80 Å². The van der Waals surface area contributed by atoms with Gasteiger partial charge in [-0.15, -0.1) is 6.58 Å². The maximum atomic E-state index is 3.89. The Morgan fingerprint density at radius 3 is 2.14 bits per heavy atom. The van der Waals surface area contributed by atoms with Gasteiger partial charge in [0.1, 0.15) is 0 Å². The molecule has 0 aromatic heterocycles. The van der Waals surface area contributed by atoms with Gasteiger partial charge in [-0.05, 0) is 6.92 Å². The summed E-state index contributed by atoms with van der Waals surface area (Å²) in [6, 6.07) is 1.36. The SMILES string of the molecule is C=C(C)[SiH](C)CC. The van der Waals surface area contributed by atoms with Crippen molar-refractivity contribution in [2.45, 2.75) is 26.4 Å². The Labute approximate surface area is 47.9 Å². The minimum atomic E-state index is -0.449. The van der Waals surface area contributed by atoms with Gasteiger partial charge in [0.25, 0.3) is 0 Å². The summed E-state index contributed by atoms with van der Waals surface area (Å²) in [5, 5.41) is 1.43. The smallest absolute Gasteiger partial charge is 0.0612 e. The van der Waals surface area contributed by atoms with Gasteiger partial charge in [-0.25, -0.2) is 0 Å². The van der Waals surface area contributed by atoms with Crippen LogP contribution in [-0.2, 0) is 0 Å². The van der Waals surface area contributed by atoms with Crippen LogP contribution in [-0.4, -0.2) is 8.80 Å². The number of hydrogen-bond donors (Lipinski definition) is 0. The third-order valence-electron chi connectivity index (χ3n) is 1.45. The monoisotopic (exact) mass is 114 g/mol. The van der Waals surface area contributed by atoms with Crippen LogP contribution in [0.1, 0.15) is 13.8 Å². The highest BCUT2D eigenvalue weighted by atomic mass is 28.3. The molecule has 1 heteroatoms. The molecular weight excluding hydrogens is 100 g/mol. The topological polar surface area (TPSA) is 0 Å². The molecule has 7 heavy (non-hydrogen) atoms. The Bertz CT molecular complexity index is 66.6. The molecule has 0 N–H and O–H groups in total. The van der Waals surface area contributed by atoms with Crippen LogP contribution in [0.15, 0.2) is 11.8 Å². The highest BCUT2D eigenvalue weighted by Gasteiger charge is 1.97. The second-order valence-electron chi connectivity index (χ2n) is 2.16. The average Bonchev–Trinajstić information content (AvgIpc) is 1.65. The molecule has 0 radical (unpaired) electrons. The Morgan fingerprint density at radius 1 is 1.71 bits per heavy atom. The van der Waals surface area contributed by atoms with Crippen molar-refractivity contribution >= 4 is 8.80 Å². The molecular formula is C6H14Si. The molecule has 0 saturated heterocycles. The predicted octanol–water partition coefficient (Wildman–Crippen LogP) is 1.98. The fraction of sp³-hybridized carbons (Fsp3) is 0.667. The van der Waals surface area contributed by atoms with Gasteiger partial charge < -0.3 is 0 Å². The number of allylic oxidation sites excluding steroid dienone is 1. The summed E-state index contributed by atoms with van der Waals surface area (Å²) in [6.07, 6.45) is 0. The van der Waals surface area contributed by atoms with Gasteiger partial charge in [-0.2, -0.15) is 0 Å². The Balaban J connectivity index is 3.34. The molecule has 42 valence electrons. The van der Waals surface area contributed by atoms with E-state index in [0.29, 0.717) is 0 Å². The molecule has 0 aromatic rings. The molecule has 1 unspecified atom stereocenters. The molecule has 0 rings (SSSR count). The largest absolute Gasteiger partial charge is 0.104 e. The molecule has 0 amide bonds. The summed E-state index contributed by atoms with van der Waals surface area (Å²) in [5.74, 6) is 0. The molecule has 0 aliphatic rings. The first-order chi connectivity index (χ1) is 3.18.